The van der Waals surface area contributed by atoms with E-state index in [-0.39, 0.29) is 0 Å². The summed E-state index contributed by atoms with van der Waals surface area (Å²) in [7, 11) is 4.60. The topological polar surface area (TPSA) is 82.4 Å². The van der Waals surface area contributed by atoms with Gasteiger partial charge >= 0.3 is 0 Å². The van der Waals surface area contributed by atoms with Gasteiger partial charge in [-0.25, -0.2) is 0 Å². The van der Waals surface area contributed by atoms with Crippen LogP contribution in [-0.4, -0.2) is 43.8 Å². The first kappa shape index (κ1) is 19.3. The molecule has 0 saturated carbocycles. The lowest BCUT2D eigenvalue weighted by molar-refractivity contribution is 0.318. The number of hydrogen-bond donors (Lipinski definition) is 1. The number of ether oxygens (including phenoxy) is 4. The van der Waals surface area contributed by atoms with Gasteiger partial charge in [0.2, 0.25) is 5.75 Å². The molecular weight excluding hydrogens is 360 g/mol. The number of pyridine rings is 1. The highest BCUT2D eigenvalue weighted by atomic mass is 16.5. The van der Waals surface area contributed by atoms with Gasteiger partial charge in [0.1, 0.15) is 11.5 Å². The summed E-state index contributed by atoms with van der Waals surface area (Å²) in [6, 6.07) is 9.15. The average molecular weight is 382 g/mol. The highest BCUT2D eigenvalue weighted by Gasteiger charge is 2.19. The lowest BCUT2D eigenvalue weighted by Crippen LogP contribution is -2.07. The molecule has 28 heavy (non-hydrogen) atoms. The van der Waals surface area contributed by atoms with Crippen molar-refractivity contribution in [2.45, 2.75) is 6.92 Å². The molecule has 0 spiro atoms. The van der Waals surface area contributed by atoms with Gasteiger partial charge in [0.15, 0.2) is 11.5 Å². The van der Waals surface area contributed by atoms with E-state index in [1.165, 1.54) is 21.3 Å². The Balaban J connectivity index is 2.17. The molecular formula is C21H22N2O5. The Morgan fingerprint density at radius 3 is 2.29 bits per heavy atom. The molecule has 0 saturated heterocycles. The lowest BCUT2D eigenvalue weighted by atomic mass is 9.98. The van der Waals surface area contributed by atoms with E-state index in [1.807, 2.05) is 25.1 Å². The number of methoxy groups -OCH3 is 3. The number of nitrogens with zero attached hydrogens (tertiary/aromatic N) is 2. The van der Waals surface area contributed by atoms with E-state index < -0.39 is 0 Å². The van der Waals surface area contributed by atoms with Crippen molar-refractivity contribution in [3.8, 4) is 23.0 Å². The third-order valence-electron chi connectivity index (χ3n) is 4.33. The van der Waals surface area contributed by atoms with Gasteiger partial charge in [0, 0.05) is 28.9 Å². The first-order valence-corrected chi connectivity index (χ1v) is 8.70. The Hall–Kier alpha value is -3.48. The quantitative estimate of drug-likeness (QED) is 0.379. The van der Waals surface area contributed by atoms with Gasteiger partial charge in [-0.1, -0.05) is 5.16 Å². The van der Waals surface area contributed by atoms with E-state index in [0.717, 1.165) is 16.5 Å². The van der Waals surface area contributed by atoms with Crippen LogP contribution in [0.1, 0.15) is 18.1 Å². The first-order chi connectivity index (χ1) is 13.7. The number of fused-ring (bicyclic) bond motifs is 1. The first-order valence-electron chi connectivity index (χ1n) is 8.70. The van der Waals surface area contributed by atoms with E-state index in [1.54, 1.807) is 24.5 Å². The van der Waals surface area contributed by atoms with Gasteiger partial charge in [-0.2, -0.15) is 0 Å². The summed E-state index contributed by atoms with van der Waals surface area (Å²) in [5.74, 6) is 2.14. The van der Waals surface area contributed by atoms with Crippen molar-refractivity contribution in [1.82, 2.24) is 4.98 Å². The largest absolute Gasteiger partial charge is 0.494 e. The van der Waals surface area contributed by atoms with Crippen molar-refractivity contribution >= 4 is 16.5 Å². The molecule has 0 aliphatic carbocycles. The molecule has 1 aromatic heterocycles. The Kier molecular flexibility index (Phi) is 5.84. The van der Waals surface area contributed by atoms with E-state index in [0.29, 0.717) is 40.7 Å². The average Bonchev–Trinajstić information content (AvgIpc) is 2.73. The fourth-order valence-corrected chi connectivity index (χ4v) is 3.08. The summed E-state index contributed by atoms with van der Waals surface area (Å²) in [6.45, 7) is 2.51. The molecule has 7 nitrogen and oxygen atoms in total. The molecule has 0 aliphatic heterocycles. The molecule has 0 amide bonds. The summed E-state index contributed by atoms with van der Waals surface area (Å²) in [5, 5.41) is 15.1. The Morgan fingerprint density at radius 2 is 1.71 bits per heavy atom. The molecule has 0 radical (unpaired) electrons. The van der Waals surface area contributed by atoms with Gasteiger partial charge < -0.3 is 24.2 Å². The minimum atomic E-state index is 0.335. The summed E-state index contributed by atoms with van der Waals surface area (Å²) < 4.78 is 21.7. The number of aromatic nitrogens is 1. The van der Waals surface area contributed by atoms with Crippen LogP contribution in [0.2, 0.25) is 0 Å². The molecule has 0 aliphatic rings. The maximum absolute atomic E-state index is 9.81. The molecule has 1 N–H and O–H groups in total. The lowest BCUT2D eigenvalue weighted by Gasteiger charge is -2.15. The van der Waals surface area contributed by atoms with Gasteiger partial charge in [0.25, 0.3) is 0 Å². The summed E-state index contributed by atoms with van der Waals surface area (Å²) in [5.41, 5.74) is 1.60. The zero-order valence-electron chi connectivity index (χ0n) is 16.2. The van der Waals surface area contributed by atoms with E-state index in [4.69, 9.17) is 18.9 Å². The molecule has 0 bridgehead atoms. The van der Waals surface area contributed by atoms with Crippen LogP contribution in [0.5, 0.6) is 23.0 Å². The van der Waals surface area contributed by atoms with Crippen LogP contribution >= 0.6 is 0 Å². The van der Waals surface area contributed by atoms with Gasteiger partial charge in [0.05, 0.1) is 27.9 Å². The number of benzene rings is 2. The molecule has 3 rings (SSSR count). The molecule has 0 atom stereocenters. The molecule has 146 valence electrons. The summed E-state index contributed by atoms with van der Waals surface area (Å²) in [4.78, 5) is 4.29. The molecule has 0 fully saturated rings. The summed E-state index contributed by atoms with van der Waals surface area (Å²) in [6.07, 6.45) is 3.40. The minimum absolute atomic E-state index is 0.335. The Bertz CT molecular complexity index is 992. The third kappa shape index (κ3) is 3.51. The van der Waals surface area contributed by atoms with Crippen molar-refractivity contribution in [3.05, 3.63) is 53.9 Å². The Labute approximate surface area is 163 Å². The number of rotatable bonds is 7. The van der Waals surface area contributed by atoms with E-state index in [9.17, 15) is 5.21 Å². The van der Waals surface area contributed by atoms with Crippen molar-refractivity contribution < 1.29 is 24.2 Å². The second-order valence-electron chi connectivity index (χ2n) is 5.87. The van der Waals surface area contributed by atoms with Crippen LogP contribution < -0.4 is 18.9 Å². The van der Waals surface area contributed by atoms with Gasteiger partial charge in [-0.3, -0.25) is 4.98 Å². The second kappa shape index (κ2) is 8.47. The zero-order chi connectivity index (χ0) is 20.1. The van der Waals surface area contributed by atoms with Crippen molar-refractivity contribution in [2.24, 2.45) is 5.16 Å². The molecule has 1 heterocycles. The van der Waals surface area contributed by atoms with Crippen LogP contribution in [0.25, 0.3) is 10.8 Å². The molecule has 7 heteroatoms. The Morgan fingerprint density at radius 1 is 1.00 bits per heavy atom. The fourth-order valence-electron chi connectivity index (χ4n) is 3.08. The SMILES string of the molecule is CCOc1ccc2c(C(=NO)c3cc(OC)c(OC)c(OC)c3)cncc2c1. The smallest absolute Gasteiger partial charge is 0.203 e. The highest BCUT2D eigenvalue weighted by Crippen LogP contribution is 2.39. The normalized spacial score (nSPS) is 11.4. The van der Waals surface area contributed by atoms with Gasteiger partial charge in [-0.05, 0) is 42.6 Å². The van der Waals surface area contributed by atoms with Crippen LogP contribution in [0.4, 0.5) is 0 Å². The maximum Gasteiger partial charge on any atom is 0.203 e. The predicted octanol–water partition coefficient (Wildman–Crippen LogP) is 3.89. The van der Waals surface area contributed by atoms with Crippen LogP contribution in [0.3, 0.4) is 0 Å². The zero-order valence-corrected chi connectivity index (χ0v) is 16.2. The molecule has 0 unspecified atom stereocenters. The van der Waals surface area contributed by atoms with Crippen LogP contribution in [0.15, 0.2) is 47.9 Å². The standard InChI is InChI=1S/C21H22N2O5/c1-5-28-15-6-7-16-14(8-15)11-22-12-17(16)20(23-24)13-9-18(25-2)21(27-4)19(10-13)26-3/h6-12,24H,5H2,1-4H3. The maximum atomic E-state index is 9.81. The highest BCUT2D eigenvalue weighted by molar-refractivity contribution is 6.19. The predicted molar refractivity (Wildman–Crippen MR) is 106 cm³/mol. The van der Waals surface area contributed by atoms with Crippen LogP contribution in [-0.2, 0) is 0 Å². The van der Waals surface area contributed by atoms with E-state index >= 15 is 0 Å². The third-order valence-corrected chi connectivity index (χ3v) is 4.33. The molecule has 2 aromatic carbocycles. The number of hydrogen-bond acceptors (Lipinski definition) is 7. The van der Waals surface area contributed by atoms with Crippen molar-refractivity contribution in [2.75, 3.05) is 27.9 Å². The monoisotopic (exact) mass is 382 g/mol. The second-order valence-corrected chi connectivity index (χ2v) is 5.87. The van der Waals surface area contributed by atoms with Crippen LogP contribution in [0, 0.1) is 0 Å². The van der Waals surface area contributed by atoms with Crippen molar-refractivity contribution in [1.29, 1.82) is 0 Å². The summed E-state index contributed by atoms with van der Waals surface area (Å²) >= 11 is 0. The van der Waals surface area contributed by atoms with E-state index in [2.05, 4.69) is 10.1 Å². The van der Waals surface area contributed by atoms with Gasteiger partial charge in [-0.15, -0.1) is 0 Å². The minimum Gasteiger partial charge on any atom is -0.494 e. The fraction of sp³-hybridized carbons (Fsp3) is 0.238. The molecule has 3 aromatic rings. The van der Waals surface area contributed by atoms with Crippen molar-refractivity contribution in [3.63, 3.8) is 0 Å². The number of oxime groups is 1.